The van der Waals surface area contributed by atoms with Crippen LogP contribution in [0.3, 0.4) is 0 Å². The highest BCUT2D eigenvalue weighted by Crippen LogP contribution is 2.29. The predicted octanol–water partition coefficient (Wildman–Crippen LogP) is 4.62. The molecule has 2 unspecified atom stereocenters. The number of aliphatic imine (C=N–C) groups is 1. The molecule has 0 fully saturated rings. The summed E-state index contributed by atoms with van der Waals surface area (Å²) in [4.78, 5) is 27.2. The van der Waals surface area contributed by atoms with Crippen LogP contribution in [0.2, 0.25) is 10.0 Å². The zero-order valence-corrected chi connectivity index (χ0v) is 17.6. The molecule has 1 aliphatic heterocycles. The number of benzene rings is 1. The van der Waals surface area contributed by atoms with Crippen molar-refractivity contribution in [2.75, 3.05) is 6.54 Å². The van der Waals surface area contributed by atoms with Crippen molar-refractivity contribution >= 4 is 64.1 Å². The maximum atomic E-state index is 12.3. The summed E-state index contributed by atoms with van der Waals surface area (Å²) >= 11 is 15.2. The van der Waals surface area contributed by atoms with Crippen LogP contribution in [0.5, 0.6) is 0 Å². The minimum absolute atomic E-state index is 0.0818. The minimum Gasteiger partial charge on any atom is -0.481 e. The molecule has 2 rings (SSSR count). The number of halogens is 2. The van der Waals surface area contributed by atoms with Crippen LogP contribution in [0, 0.1) is 0 Å². The summed E-state index contributed by atoms with van der Waals surface area (Å²) in [6.07, 6.45) is 3.22. The van der Waals surface area contributed by atoms with Gasteiger partial charge in [0.05, 0.1) is 11.6 Å². The maximum absolute atomic E-state index is 12.3. The first-order valence-electron chi connectivity index (χ1n) is 8.37. The van der Waals surface area contributed by atoms with Crippen molar-refractivity contribution in [3.8, 4) is 0 Å². The zero-order chi connectivity index (χ0) is 19.6. The molecule has 9 heteroatoms. The molecular formula is C18H20Cl2N2O3S2. The number of aliphatic carboxylic acids is 1. The number of carbonyl (C=O) groups is 2. The Kier molecular flexibility index (Phi) is 9.54. The Hall–Kier alpha value is -1.15. The Morgan fingerprint density at radius 3 is 2.74 bits per heavy atom. The standard InChI is InChI=1S/C18H20Cl2N2O3S2/c19-13-4-3-5-14(20)12(13)10-26-11-22-15-7-9-27-17(15)18(25)21-8-2-1-6-16(23)24/h3-5,7,9,11,15,17H,1-2,6,8,10H2,(H,21,25)(H,23,24)/b22-11+. The fraction of sp³-hybridized carbons (Fsp3) is 0.389. The van der Waals surface area contributed by atoms with Crippen molar-refractivity contribution in [1.29, 1.82) is 0 Å². The summed E-state index contributed by atoms with van der Waals surface area (Å²) in [5.74, 6) is -0.296. The summed E-state index contributed by atoms with van der Waals surface area (Å²) < 4.78 is 0. The van der Waals surface area contributed by atoms with E-state index in [4.69, 9.17) is 28.3 Å². The van der Waals surface area contributed by atoms with Gasteiger partial charge in [0.25, 0.3) is 0 Å². The number of unbranched alkanes of at least 4 members (excludes halogenated alkanes) is 1. The van der Waals surface area contributed by atoms with E-state index in [1.165, 1.54) is 23.5 Å². The van der Waals surface area contributed by atoms with Gasteiger partial charge in [-0.05, 0) is 35.9 Å². The molecular weight excluding hydrogens is 427 g/mol. The molecule has 1 aliphatic rings. The lowest BCUT2D eigenvalue weighted by atomic mass is 10.2. The van der Waals surface area contributed by atoms with Crippen molar-refractivity contribution in [3.05, 3.63) is 45.3 Å². The third kappa shape index (κ3) is 7.41. The number of hydrogen-bond donors (Lipinski definition) is 2. The average molecular weight is 447 g/mol. The molecule has 0 aromatic heterocycles. The average Bonchev–Trinajstić information content (AvgIpc) is 3.08. The normalized spacial score (nSPS) is 18.9. The number of carboxylic acid groups (broad SMARTS) is 1. The second-order valence-electron chi connectivity index (χ2n) is 5.78. The van der Waals surface area contributed by atoms with E-state index in [0.717, 1.165) is 5.56 Å². The Labute approximate surface area is 177 Å². The molecule has 27 heavy (non-hydrogen) atoms. The molecule has 0 radical (unpaired) electrons. The van der Waals surface area contributed by atoms with E-state index in [2.05, 4.69) is 10.3 Å². The van der Waals surface area contributed by atoms with Crippen LogP contribution in [-0.4, -0.2) is 40.4 Å². The lowest BCUT2D eigenvalue weighted by Gasteiger charge is -2.14. The Balaban J connectivity index is 1.76. The molecule has 0 saturated carbocycles. The predicted molar refractivity (Wildman–Crippen MR) is 115 cm³/mol. The Morgan fingerprint density at radius 2 is 2.04 bits per heavy atom. The van der Waals surface area contributed by atoms with Gasteiger partial charge in [0.1, 0.15) is 5.25 Å². The van der Waals surface area contributed by atoms with Gasteiger partial charge < -0.3 is 10.4 Å². The fourth-order valence-corrected chi connectivity index (χ4v) is 4.77. The van der Waals surface area contributed by atoms with Crippen LogP contribution in [-0.2, 0) is 15.3 Å². The summed E-state index contributed by atoms with van der Waals surface area (Å²) in [7, 11) is 0. The van der Waals surface area contributed by atoms with Gasteiger partial charge in [-0.3, -0.25) is 14.6 Å². The fourth-order valence-electron chi connectivity index (χ4n) is 2.35. The van der Waals surface area contributed by atoms with Crippen LogP contribution >= 0.6 is 46.7 Å². The first-order valence-corrected chi connectivity index (χ1v) is 11.1. The first kappa shape index (κ1) is 22.1. The molecule has 5 nitrogen and oxygen atoms in total. The van der Waals surface area contributed by atoms with Crippen molar-refractivity contribution < 1.29 is 14.7 Å². The van der Waals surface area contributed by atoms with Gasteiger partial charge >= 0.3 is 5.97 Å². The van der Waals surface area contributed by atoms with E-state index in [-0.39, 0.29) is 23.6 Å². The number of nitrogens with zero attached hydrogens (tertiary/aromatic N) is 1. The number of nitrogens with one attached hydrogen (secondary N) is 1. The Morgan fingerprint density at radius 1 is 1.30 bits per heavy atom. The summed E-state index contributed by atoms with van der Waals surface area (Å²) in [5, 5.41) is 14.3. The molecule has 2 N–H and O–H groups in total. The van der Waals surface area contributed by atoms with Crippen LogP contribution in [0.4, 0.5) is 0 Å². The maximum Gasteiger partial charge on any atom is 0.303 e. The highest BCUT2D eigenvalue weighted by molar-refractivity contribution is 8.11. The lowest BCUT2D eigenvalue weighted by Crippen LogP contribution is -2.37. The van der Waals surface area contributed by atoms with E-state index < -0.39 is 5.97 Å². The zero-order valence-electron chi connectivity index (χ0n) is 14.4. The van der Waals surface area contributed by atoms with Crippen LogP contribution < -0.4 is 5.32 Å². The van der Waals surface area contributed by atoms with Gasteiger partial charge in [-0.2, -0.15) is 0 Å². The Bertz CT molecular complexity index is 708. The molecule has 0 aliphatic carbocycles. The van der Waals surface area contributed by atoms with Crippen LogP contribution in [0.15, 0.2) is 34.7 Å². The number of thioether (sulfide) groups is 2. The number of carbonyl (C=O) groups excluding carboxylic acids is 1. The quantitative estimate of drug-likeness (QED) is 0.311. The minimum atomic E-state index is -0.818. The highest BCUT2D eigenvalue weighted by atomic mass is 35.5. The molecule has 0 saturated heterocycles. The second kappa shape index (κ2) is 11.6. The largest absolute Gasteiger partial charge is 0.481 e. The van der Waals surface area contributed by atoms with E-state index in [1.807, 2.05) is 11.5 Å². The van der Waals surface area contributed by atoms with Gasteiger partial charge in [0.15, 0.2) is 0 Å². The van der Waals surface area contributed by atoms with Crippen molar-refractivity contribution in [2.45, 2.75) is 36.3 Å². The van der Waals surface area contributed by atoms with Gasteiger partial charge in [0.2, 0.25) is 5.91 Å². The third-order valence-corrected chi connectivity index (χ3v) is 6.32. The smallest absolute Gasteiger partial charge is 0.303 e. The highest BCUT2D eigenvalue weighted by Gasteiger charge is 2.29. The molecule has 0 spiro atoms. The van der Waals surface area contributed by atoms with E-state index in [9.17, 15) is 9.59 Å². The first-order chi connectivity index (χ1) is 13.0. The topological polar surface area (TPSA) is 78.8 Å². The summed E-state index contributed by atoms with van der Waals surface area (Å²) in [5.41, 5.74) is 2.59. The molecule has 1 heterocycles. The van der Waals surface area contributed by atoms with Crippen molar-refractivity contribution in [1.82, 2.24) is 5.32 Å². The number of hydrogen-bond acceptors (Lipinski definition) is 5. The van der Waals surface area contributed by atoms with E-state index >= 15 is 0 Å². The van der Waals surface area contributed by atoms with Crippen LogP contribution in [0.25, 0.3) is 0 Å². The SMILES string of the molecule is O=C(O)CCCCNC(=O)C1SC=CC1/N=C/SCc1c(Cl)cccc1Cl. The summed E-state index contributed by atoms with van der Waals surface area (Å²) in [6.45, 7) is 0.472. The van der Waals surface area contributed by atoms with Gasteiger partial charge in [-0.15, -0.1) is 23.5 Å². The second-order valence-corrected chi connectivity index (χ2v) is 8.48. The number of rotatable bonds is 10. The van der Waals surface area contributed by atoms with E-state index in [1.54, 1.807) is 23.7 Å². The van der Waals surface area contributed by atoms with Gasteiger partial charge in [-0.1, -0.05) is 35.3 Å². The van der Waals surface area contributed by atoms with Crippen LogP contribution in [0.1, 0.15) is 24.8 Å². The molecule has 1 aromatic rings. The van der Waals surface area contributed by atoms with Gasteiger partial charge in [-0.25, -0.2) is 0 Å². The third-order valence-electron chi connectivity index (χ3n) is 3.78. The van der Waals surface area contributed by atoms with E-state index in [0.29, 0.717) is 35.2 Å². The lowest BCUT2D eigenvalue weighted by molar-refractivity contribution is -0.137. The molecule has 0 bridgehead atoms. The van der Waals surface area contributed by atoms with Crippen molar-refractivity contribution in [2.24, 2.45) is 4.99 Å². The number of amides is 1. The molecule has 1 amide bonds. The molecule has 1 aromatic carbocycles. The molecule has 2 atom stereocenters. The monoisotopic (exact) mass is 446 g/mol. The summed E-state index contributed by atoms with van der Waals surface area (Å²) in [6, 6.07) is 5.18. The number of carboxylic acids is 1. The van der Waals surface area contributed by atoms with Crippen molar-refractivity contribution in [3.63, 3.8) is 0 Å². The molecule has 146 valence electrons. The van der Waals surface area contributed by atoms with Gasteiger partial charge in [0, 0.05) is 28.8 Å².